The molecule has 0 radical (unpaired) electrons. The first-order chi connectivity index (χ1) is 9.35. The summed E-state index contributed by atoms with van der Waals surface area (Å²) < 4.78 is 36.5. The van der Waals surface area contributed by atoms with Gasteiger partial charge in [0, 0.05) is 19.0 Å². The van der Waals surface area contributed by atoms with Crippen LogP contribution in [0.25, 0.3) is 0 Å². The first-order valence-corrected chi connectivity index (χ1v) is 8.18. The van der Waals surface area contributed by atoms with E-state index in [1.165, 1.54) is 12.1 Å². The fourth-order valence-corrected chi connectivity index (χ4v) is 3.59. The number of hydrogen-bond acceptors (Lipinski definition) is 4. The third-order valence-electron chi connectivity index (χ3n) is 3.13. The van der Waals surface area contributed by atoms with Gasteiger partial charge in [-0.2, -0.15) is 0 Å². The summed E-state index contributed by atoms with van der Waals surface area (Å²) in [7, 11) is -3.08. The molecule has 5 nitrogen and oxygen atoms in total. The molecule has 2 rings (SSSR count). The molecule has 1 fully saturated rings. The number of benzene rings is 1. The van der Waals surface area contributed by atoms with Gasteiger partial charge >= 0.3 is 0 Å². The van der Waals surface area contributed by atoms with Crippen molar-refractivity contribution in [2.24, 2.45) is 0 Å². The molecule has 1 aromatic carbocycles. The van der Waals surface area contributed by atoms with Crippen molar-refractivity contribution in [1.82, 2.24) is 5.32 Å². The summed E-state index contributed by atoms with van der Waals surface area (Å²) in [5.74, 6) is -0.862. The van der Waals surface area contributed by atoms with Gasteiger partial charge in [0.1, 0.15) is 5.82 Å². The molecule has 1 heterocycles. The van der Waals surface area contributed by atoms with E-state index in [2.05, 4.69) is 10.6 Å². The van der Waals surface area contributed by atoms with Gasteiger partial charge in [-0.15, -0.1) is 0 Å². The molecule has 0 aliphatic carbocycles. The lowest BCUT2D eigenvalue weighted by atomic mass is 10.2. The number of rotatable bonds is 3. The van der Waals surface area contributed by atoms with Crippen LogP contribution in [0.4, 0.5) is 10.1 Å². The highest BCUT2D eigenvalue weighted by molar-refractivity contribution is 7.91. The van der Waals surface area contributed by atoms with Crippen LogP contribution in [0.3, 0.4) is 0 Å². The molecule has 0 aromatic heterocycles. The number of carbonyl (C=O) groups excluding carboxylic acids is 1. The van der Waals surface area contributed by atoms with Crippen molar-refractivity contribution < 1.29 is 17.6 Å². The highest BCUT2D eigenvalue weighted by Crippen LogP contribution is 2.16. The lowest BCUT2D eigenvalue weighted by molar-refractivity contribution is -0.116. The van der Waals surface area contributed by atoms with Gasteiger partial charge in [0.05, 0.1) is 17.2 Å². The molecule has 1 aromatic rings. The number of amides is 1. The Balaban J connectivity index is 1.95. The molecule has 1 atom stereocenters. The summed E-state index contributed by atoms with van der Waals surface area (Å²) in [4.78, 5) is 11.8. The van der Waals surface area contributed by atoms with Crippen molar-refractivity contribution in [2.75, 3.05) is 23.4 Å². The second-order valence-electron chi connectivity index (χ2n) is 5.00. The minimum absolute atomic E-state index is 0.00649. The predicted molar refractivity (Wildman–Crippen MR) is 74.8 cm³/mol. The summed E-state index contributed by atoms with van der Waals surface area (Å²) in [6.45, 7) is 2.10. The Kier molecular flexibility index (Phi) is 4.39. The van der Waals surface area contributed by atoms with Gasteiger partial charge in [-0.25, -0.2) is 12.8 Å². The van der Waals surface area contributed by atoms with Crippen LogP contribution >= 0.6 is 0 Å². The molecule has 1 saturated heterocycles. The maximum atomic E-state index is 13.6. The molecule has 1 amide bonds. The quantitative estimate of drug-likeness (QED) is 0.868. The first kappa shape index (κ1) is 14.9. The highest BCUT2D eigenvalue weighted by atomic mass is 32.2. The van der Waals surface area contributed by atoms with Crippen molar-refractivity contribution in [1.29, 1.82) is 0 Å². The molecular formula is C13H17FN2O3S. The lowest BCUT2D eigenvalue weighted by Crippen LogP contribution is -2.46. The molecular weight excluding hydrogens is 283 g/mol. The van der Waals surface area contributed by atoms with E-state index in [0.29, 0.717) is 6.54 Å². The SMILES string of the molecule is Cc1ccc(NC(=O)CC2CS(=O)(=O)CCN2)c(F)c1. The number of hydrogen-bond donors (Lipinski definition) is 2. The first-order valence-electron chi connectivity index (χ1n) is 6.35. The molecule has 1 unspecified atom stereocenters. The Bertz CT molecular complexity index is 616. The van der Waals surface area contributed by atoms with E-state index in [0.717, 1.165) is 5.56 Å². The standard InChI is InChI=1S/C13H17FN2O3S/c1-9-2-3-12(11(14)6-9)16-13(17)7-10-8-20(18,19)5-4-15-10/h2-3,6,10,15H,4-5,7-8H2,1H3,(H,16,17). The third-order valence-corrected chi connectivity index (χ3v) is 4.87. The molecule has 0 spiro atoms. The molecule has 110 valence electrons. The smallest absolute Gasteiger partial charge is 0.226 e. The van der Waals surface area contributed by atoms with Crippen LogP contribution < -0.4 is 10.6 Å². The summed E-state index contributed by atoms with van der Waals surface area (Å²) in [6.07, 6.45) is 0.00649. The number of sulfone groups is 1. The van der Waals surface area contributed by atoms with Gasteiger partial charge in [0.25, 0.3) is 0 Å². The fraction of sp³-hybridized carbons (Fsp3) is 0.462. The van der Waals surface area contributed by atoms with E-state index in [4.69, 9.17) is 0 Å². The number of nitrogens with one attached hydrogen (secondary N) is 2. The Morgan fingerprint density at radius 3 is 2.90 bits per heavy atom. The van der Waals surface area contributed by atoms with Crippen molar-refractivity contribution in [3.8, 4) is 0 Å². The molecule has 0 bridgehead atoms. The molecule has 20 heavy (non-hydrogen) atoms. The minimum atomic E-state index is -3.08. The van der Waals surface area contributed by atoms with Gasteiger partial charge in [-0.05, 0) is 24.6 Å². The summed E-state index contributed by atoms with van der Waals surface area (Å²) in [5.41, 5.74) is 0.875. The fourth-order valence-electron chi connectivity index (χ4n) is 2.14. The Labute approximate surface area is 117 Å². The largest absolute Gasteiger partial charge is 0.324 e. The normalized spacial score (nSPS) is 21.4. The van der Waals surface area contributed by atoms with Crippen molar-refractivity contribution >= 4 is 21.4 Å². The molecule has 1 aliphatic heterocycles. The van der Waals surface area contributed by atoms with Gasteiger partial charge in [0.15, 0.2) is 9.84 Å². The van der Waals surface area contributed by atoms with Crippen molar-refractivity contribution in [3.05, 3.63) is 29.6 Å². The van der Waals surface area contributed by atoms with E-state index >= 15 is 0 Å². The average molecular weight is 300 g/mol. The highest BCUT2D eigenvalue weighted by Gasteiger charge is 2.26. The van der Waals surface area contributed by atoms with E-state index in [9.17, 15) is 17.6 Å². The monoisotopic (exact) mass is 300 g/mol. The number of halogens is 1. The van der Waals surface area contributed by atoms with Gasteiger partial charge in [-0.3, -0.25) is 4.79 Å². The molecule has 1 aliphatic rings. The second kappa shape index (κ2) is 5.88. The van der Waals surface area contributed by atoms with Crippen LogP contribution in [-0.2, 0) is 14.6 Å². The van der Waals surface area contributed by atoms with Crippen LogP contribution in [0.5, 0.6) is 0 Å². The zero-order chi connectivity index (χ0) is 14.8. The van der Waals surface area contributed by atoms with E-state index in [-0.39, 0.29) is 23.6 Å². The Morgan fingerprint density at radius 1 is 1.50 bits per heavy atom. The predicted octanol–water partition coefficient (Wildman–Crippen LogP) is 0.849. The van der Waals surface area contributed by atoms with E-state index in [1.807, 2.05) is 0 Å². The zero-order valence-electron chi connectivity index (χ0n) is 11.1. The Hall–Kier alpha value is -1.47. The van der Waals surface area contributed by atoms with Crippen LogP contribution in [0, 0.1) is 12.7 Å². The average Bonchev–Trinajstić information content (AvgIpc) is 2.31. The van der Waals surface area contributed by atoms with Crippen LogP contribution in [0.2, 0.25) is 0 Å². The van der Waals surface area contributed by atoms with Gasteiger partial charge < -0.3 is 10.6 Å². The van der Waals surface area contributed by atoms with Gasteiger partial charge in [-0.1, -0.05) is 6.07 Å². The summed E-state index contributed by atoms with van der Waals surface area (Å²) in [5, 5.41) is 5.44. The van der Waals surface area contributed by atoms with E-state index in [1.54, 1.807) is 13.0 Å². The van der Waals surface area contributed by atoms with Crippen LogP contribution in [0.15, 0.2) is 18.2 Å². The maximum Gasteiger partial charge on any atom is 0.226 e. The third kappa shape index (κ3) is 4.01. The lowest BCUT2D eigenvalue weighted by Gasteiger charge is -2.23. The molecule has 7 heteroatoms. The van der Waals surface area contributed by atoms with Crippen LogP contribution in [0.1, 0.15) is 12.0 Å². The maximum absolute atomic E-state index is 13.6. The summed E-state index contributed by atoms with van der Waals surface area (Å²) >= 11 is 0. The van der Waals surface area contributed by atoms with Crippen LogP contribution in [-0.4, -0.2) is 38.4 Å². The molecule has 0 saturated carbocycles. The number of carbonyl (C=O) groups is 1. The van der Waals surface area contributed by atoms with Gasteiger partial charge in [0.2, 0.25) is 5.91 Å². The van der Waals surface area contributed by atoms with E-state index < -0.39 is 27.6 Å². The Morgan fingerprint density at radius 2 is 2.25 bits per heavy atom. The van der Waals surface area contributed by atoms with Crippen molar-refractivity contribution in [3.63, 3.8) is 0 Å². The topological polar surface area (TPSA) is 75.3 Å². The molecule has 2 N–H and O–H groups in total. The second-order valence-corrected chi connectivity index (χ2v) is 7.23. The summed E-state index contributed by atoms with van der Waals surface area (Å²) in [6, 6.07) is 4.11. The zero-order valence-corrected chi connectivity index (χ0v) is 12.0. The van der Waals surface area contributed by atoms with Crippen molar-refractivity contribution in [2.45, 2.75) is 19.4 Å². The number of anilines is 1. The minimum Gasteiger partial charge on any atom is -0.324 e. The number of aryl methyl sites for hydroxylation is 1.